The van der Waals surface area contributed by atoms with Crippen LogP contribution in [0.25, 0.3) is 0 Å². The zero-order chi connectivity index (χ0) is 25.1. The Morgan fingerprint density at radius 3 is 0.677 bits per heavy atom. The molecule has 0 aromatic heterocycles. The first kappa shape index (κ1) is 35.9. The summed E-state index contributed by atoms with van der Waals surface area (Å²) in [5.41, 5.74) is 0. The molecule has 0 bridgehead atoms. The largest absolute Gasteiger partial charge is 0.504 e. The molecule has 31 heavy (non-hydrogen) atoms. The number of rotatable bonds is 3. The maximum absolute atomic E-state index is 11.3. The molecule has 182 valence electrons. The molecule has 0 aliphatic heterocycles. The molecule has 0 aliphatic rings. The van der Waals surface area contributed by atoms with Crippen molar-refractivity contribution in [2.75, 3.05) is 0 Å². The van der Waals surface area contributed by atoms with Crippen LogP contribution in [-0.4, -0.2) is 51.2 Å². The Morgan fingerprint density at radius 2 is 0.645 bits per heavy atom. The molecule has 3 N–H and O–H groups in total. The molecule has 0 atom stereocenters. The van der Waals surface area contributed by atoms with Crippen LogP contribution in [0.1, 0.15) is 20.8 Å². The number of aliphatic hydroxyl groups is 3. The van der Waals surface area contributed by atoms with Gasteiger partial charge in [-0.3, -0.25) is 14.4 Å². The van der Waals surface area contributed by atoms with Gasteiger partial charge in [0.1, 0.15) is 0 Å². The van der Waals surface area contributed by atoms with Gasteiger partial charge in [-0.05, 0) is 20.8 Å². The number of alkyl halides is 9. The van der Waals surface area contributed by atoms with Crippen molar-refractivity contribution in [3.63, 3.8) is 0 Å². The third-order valence-electron chi connectivity index (χ3n) is 1.89. The molecule has 16 heteroatoms. The summed E-state index contributed by atoms with van der Waals surface area (Å²) in [7, 11) is 0. The van der Waals surface area contributed by atoms with Crippen molar-refractivity contribution in [1.82, 2.24) is 0 Å². The Kier molecular flexibility index (Phi) is 16.8. The number of carbonyl (C=O) groups excluding carboxylic acids is 3. The third-order valence-corrected chi connectivity index (χ3v) is 1.89. The van der Waals surface area contributed by atoms with E-state index in [0.29, 0.717) is 0 Å². The zero-order valence-electron chi connectivity index (χ0n) is 15.6. The van der Waals surface area contributed by atoms with E-state index in [-0.39, 0.29) is 35.3 Å². The van der Waals surface area contributed by atoms with E-state index < -0.39 is 53.2 Å². The predicted molar refractivity (Wildman–Crippen MR) is 82.3 cm³/mol. The van der Waals surface area contributed by atoms with Crippen molar-refractivity contribution in [2.24, 2.45) is 0 Å². The quantitative estimate of drug-likeness (QED) is 0.216. The minimum atomic E-state index is -4.81. The van der Waals surface area contributed by atoms with Crippen LogP contribution in [0, 0.1) is 0 Å². The standard InChI is InChI=1S/3C5H5F3O2.Fe/c3*1-3(9)2-4(10)5(6,7)8;/h3*2,10H,1H3;/b3*4-2-;. The molecule has 0 spiro atoms. The summed E-state index contributed by atoms with van der Waals surface area (Å²) in [4.78, 5) is 29.9. The van der Waals surface area contributed by atoms with Gasteiger partial charge in [-0.25, -0.2) is 0 Å². The van der Waals surface area contributed by atoms with E-state index in [1.807, 2.05) is 0 Å². The molecule has 0 unspecified atom stereocenters. The van der Waals surface area contributed by atoms with E-state index in [4.69, 9.17) is 15.3 Å². The van der Waals surface area contributed by atoms with E-state index in [9.17, 15) is 53.9 Å². The number of carbonyl (C=O) groups is 3. The van der Waals surface area contributed by atoms with Crippen molar-refractivity contribution in [3.8, 4) is 0 Å². The molecule has 0 rings (SSSR count). The van der Waals surface area contributed by atoms with E-state index >= 15 is 0 Å². The van der Waals surface area contributed by atoms with Gasteiger partial charge in [-0.15, -0.1) is 0 Å². The number of hydrogen-bond donors (Lipinski definition) is 3. The Morgan fingerprint density at radius 1 is 0.516 bits per heavy atom. The summed E-state index contributed by atoms with van der Waals surface area (Å²) < 4.78 is 102. The van der Waals surface area contributed by atoms with Crippen LogP contribution >= 0.6 is 0 Å². The van der Waals surface area contributed by atoms with Gasteiger partial charge in [0.2, 0.25) is 17.3 Å². The Bertz CT molecular complexity index is 606. The van der Waals surface area contributed by atoms with Gasteiger partial charge in [0, 0.05) is 35.3 Å². The van der Waals surface area contributed by atoms with E-state index in [2.05, 4.69) is 0 Å². The molecule has 0 aromatic carbocycles. The fraction of sp³-hybridized carbons (Fsp3) is 0.400. The van der Waals surface area contributed by atoms with Gasteiger partial charge in [-0.1, -0.05) is 0 Å². The maximum atomic E-state index is 11.3. The molecule has 0 amide bonds. The summed E-state index contributed by atoms with van der Waals surface area (Å²) in [5.74, 6) is -8.10. The van der Waals surface area contributed by atoms with E-state index in [1.165, 1.54) is 0 Å². The van der Waals surface area contributed by atoms with Gasteiger partial charge >= 0.3 is 18.5 Å². The van der Waals surface area contributed by atoms with Gasteiger partial charge in [0.15, 0.2) is 17.3 Å². The zero-order valence-corrected chi connectivity index (χ0v) is 16.7. The molecule has 0 radical (unpaired) electrons. The van der Waals surface area contributed by atoms with E-state index in [1.54, 1.807) is 0 Å². The number of aliphatic hydroxyl groups excluding tert-OH is 3. The minimum absolute atomic E-state index is 0. The first-order valence-electron chi connectivity index (χ1n) is 6.97. The second kappa shape index (κ2) is 14.5. The van der Waals surface area contributed by atoms with Crippen LogP contribution in [0.3, 0.4) is 0 Å². The van der Waals surface area contributed by atoms with Crippen LogP contribution in [-0.2, 0) is 31.5 Å². The fourth-order valence-electron chi connectivity index (χ4n) is 0.823. The summed E-state index contributed by atoms with van der Waals surface area (Å²) in [6.45, 7) is 2.76. The van der Waals surface area contributed by atoms with Crippen LogP contribution in [0.4, 0.5) is 39.5 Å². The number of allylic oxidation sites excluding steroid dienone is 6. The van der Waals surface area contributed by atoms with Crippen molar-refractivity contribution in [2.45, 2.75) is 39.3 Å². The normalized spacial score (nSPS) is 13.0. The second-order valence-corrected chi connectivity index (χ2v) is 4.91. The van der Waals surface area contributed by atoms with Crippen molar-refractivity contribution in [1.29, 1.82) is 0 Å². The number of ketones is 3. The molecule has 6 nitrogen and oxygen atoms in total. The molecular weight excluding hydrogens is 503 g/mol. The van der Waals surface area contributed by atoms with Crippen LogP contribution < -0.4 is 0 Å². The summed E-state index contributed by atoms with van der Waals surface area (Å²) in [6, 6.07) is 0. The monoisotopic (exact) mass is 518 g/mol. The minimum Gasteiger partial charge on any atom is -0.504 e. The Balaban J connectivity index is -0.000000174. The first-order chi connectivity index (χ1) is 13.0. The summed E-state index contributed by atoms with van der Waals surface area (Å²) >= 11 is 0. The molecule has 0 saturated heterocycles. The van der Waals surface area contributed by atoms with Gasteiger partial charge in [0.25, 0.3) is 0 Å². The molecule has 0 aromatic rings. The third kappa shape index (κ3) is 23.7. The van der Waals surface area contributed by atoms with Crippen molar-refractivity contribution in [3.05, 3.63) is 35.5 Å². The van der Waals surface area contributed by atoms with Crippen molar-refractivity contribution >= 4 is 17.3 Å². The van der Waals surface area contributed by atoms with Crippen LogP contribution in [0.5, 0.6) is 0 Å². The van der Waals surface area contributed by atoms with Gasteiger partial charge in [-0.2, -0.15) is 39.5 Å². The summed E-state index contributed by atoms with van der Waals surface area (Å²) in [5, 5.41) is 24.2. The van der Waals surface area contributed by atoms with Crippen molar-refractivity contribution < 1.29 is 86.3 Å². The second-order valence-electron chi connectivity index (χ2n) is 4.91. The number of halogens is 9. The fourth-order valence-corrected chi connectivity index (χ4v) is 0.823. The Hall–Kier alpha value is -2.48. The smallest absolute Gasteiger partial charge is 0.448 e. The molecule has 0 aliphatic carbocycles. The SMILES string of the molecule is CC(=O)/C=C(\O)C(F)(F)F.CC(=O)/C=C(\O)C(F)(F)F.CC(=O)/C=C(\O)C(F)(F)F.[Fe]. The molecule has 0 saturated carbocycles. The average molecular weight is 518 g/mol. The maximum Gasteiger partial charge on any atom is 0.448 e. The first-order valence-corrected chi connectivity index (χ1v) is 6.97. The number of hydrogen-bond acceptors (Lipinski definition) is 6. The topological polar surface area (TPSA) is 112 Å². The summed E-state index contributed by atoms with van der Waals surface area (Å²) in [6.07, 6.45) is -14.1. The Labute approximate surface area is 179 Å². The molecular formula is C15H15F9FeO6. The van der Waals surface area contributed by atoms with Crippen LogP contribution in [0.2, 0.25) is 0 Å². The van der Waals surface area contributed by atoms with Gasteiger partial charge in [0.05, 0.1) is 0 Å². The van der Waals surface area contributed by atoms with Gasteiger partial charge < -0.3 is 15.3 Å². The molecule has 0 fully saturated rings. The predicted octanol–water partition coefficient (Wildman–Crippen LogP) is 4.74. The molecule has 0 heterocycles. The van der Waals surface area contributed by atoms with E-state index in [0.717, 1.165) is 20.8 Å². The average Bonchev–Trinajstić information content (AvgIpc) is 2.43. The van der Waals surface area contributed by atoms with Crippen LogP contribution in [0.15, 0.2) is 35.5 Å².